The highest BCUT2D eigenvalue weighted by Gasteiger charge is 2.54. The van der Waals surface area contributed by atoms with Crippen LogP contribution in [0.4, 0.5) is 13.2 Å². The summed E-state index contributed by atoms with van der Waals surface area (Å²) in [5, 5.41) is 13.0. The van der Waals surface area contributed by atoms with E-state index < -0.39 is 69.9 Å². The van der Waals surface area contributed by atoms with Crippen LogP contribution in [0.25, 0.3) is 0 Å². The molecule has 1 aromatic heterocycles. The van der Waals surface area contributed by atoms with E-state index in [1.165, 1.54) is 4.57 Å². The molecule has 2 aromatic rings. The number of ether oxygens (including phenoxy) is 2. The number of nitrogens with zero attached hydrogens (tertiary/aromatic N) is 2. The zero-order valence-electron chi connectivity index (χ0n) is 18.9. The summed E-state index contributed by atoms with van der Waals surface area (Å²) >= 11 is 2.08. The van der Waals surface area contributed by atoms with E-state index in [1.807, 2.05) is 6.92 Å². The zero-order valence-corrected chi connectivity index (χ0v) is 21.1. The lowest BCUT2D eigenvalue weighted by molar-refractivity contribution is -0.194. The van der Waals surface area contributed by atoms with Crippen LogP contribution in [0.1, 0.15) is 52.2 Å². The SMILES string of the molecule is C[C@H]1CC[C@]2(OC[C@@H](I)O2)[C@H]2CN1C(=O)c1c(O)c(=O)c(C(=O)NCc3c(F)cc(F)cc3F)cn12. The highest BCUT2D eigenvalue weighted by molar-refractivity contribution is 14.1. The lowest BCUT2D eigenvalue weighted by Crippen LogP contribution is -2.52. The molecular formula is C23H21F3IN3O6. The molecule has 5 rings (SSSR count). The van der Waals surface area contributed by atoms with Gasteiger partial charge < -0.3 is 29.4 Å². The first-order chi connectivity index (χ1) is 17.0. The molecule has 36 heavy (non-hydrogen) atoms. The van der Waals surface area contributed by atoms with Gasteiger partial charge in [0.05, 0.1) is 6.61 Å². The van der Waals surface area contributed by atoms with E-state index in [1.54, 1.807) is 4.90 Å². The van der Waals surface area contributed by atoms with Crippen molar-refractivity contribution < 1.29 is 37.3 Å². The Morgan fingerprint density at radius 1 is 1.28 bits per heavy atom. The molecule has 0 unspecified atom stereocenters. The van der Waals surface area contributed by atoms with E-state index >= 15 is 0 Å². The van der Waals surface area contributed by atoms with Crippen molar-refractivity contribution in [3.8, 4) is 5.75 Å². The normalized spacial score (nSPS) is 27.2. The average molecular weight is 619 g/mol. The van der Waals surface area contributed by atoms with Crippen LogP contribution < -0.4 is 10.7 Å². The second-order valence-corrected chi connectivity index (χ2v) is 10.4. The Labute approximate surface area is 216 Å². The number of carbonyl (C=O) groups is 2. The monoisotopic (exact) mass is 619 g/mol. The van der Waals surface area contributed by atoms with Gasteiger partial charge in [-0.05, 0) is 35.9 Å². The molecule has 192 valence electrons. The van der Waals surface area contributed by atoms with Gasteiger partial charge in [0, 0.05) is 49.4 Å². The van der Waals surface area contributed by atoms with Gasteiger partial charge in [0.15, 0.2) is 17.2 Å². The van der Waals surface area contributed by atoms with Crippen molar-refractivity contribution in [1.29, 1.82) is 0 Å². The van der Waals surface area contributed by atoms with Gasteiger partial charge in [-0.3, -0.25) is 14.4 Å². The van der Waals surface area contributed by atoms with Crippen LogP contribution in [-0.4, -0.2) is 55.5 Å². The Hall–Kier alpha value is -2.65. The van der Waals surface area contributed by atoms with Crippen molar-refractivity contribution in [1.82, 2.24) is 14.8 Å². The van der Waals surface area contributed by atoms with E-state index in [0.29, 0.717) is 31.6 Å². The molecule has 3 aliphatic rings. The number of nitrogens with one attached hydrogen (secondary N) is 1. The quantitative estimate of drug-likeness (QED) is 0.404. The number of hydrogen-bond acceptors (Lipinski definition) is 6. The Bertz CT molecular complexity index is 1310. The van der Waals surface area contributed by atoms with Gasteiger partial charge in [0.25, 0.3) is 11.8 Å². The van der Waals surface area contributed by atoms with Gasteiger partial charge in [-0.1, -0.05) is 0 Å². The summed E-state index contributed by atoms with van der Waals surface area (Å²) < 4.78 is 54.4. The van der Waals surface area contributed by atoms with Crippen molar-refractivity contribution in [3.05, 3.63) is 62.8 Å². The van der Waals surface area contributed by atoms with Crippen molar-refractivity contribution in [2.45, 2.75) is 48.3 Å². The van der Waals surface area contributed by atoms with Gasteiger partial charge in [-0.2, -0.15) is 0 Å². The number of aromatic hydroxyl groups is 1. The Balaban J connectivity index is 1.55. The maximum absolute atomic E-state index is 14.0. The summed E-state index contributed by atoms with van der Waals surface area (Å²) in [5.41, 5.74) is -2.55. The number of aromatic nitrogens is 1. The van der Waals surface area contributed by atoms with Crippen LogP contribution in [0.15, 0.2) is 23.1 Å². The molecule has 1 aromatic carbocycles. The molecule has 2 bridgehead atoms. The predicted octanol–water partition coefficient (Wildman–Crippen LogP) is 2.58. The first kappa shape index (κ1) is 25.0. The summed E-state index contributed by atoms with van der Waals surface area (Å²) in [4.78, 5) is 40.6. The minimum absolute atomic E-state index is 0.158. The number of rotatable bonds is 3. The highest BCUT2D eigenvalue weighted by Crippen LogP contribution is 2.46. The number of pyridine rings is 1. The Kier molecular flexibility index (Phi) is 6.27. The van der Waals surface area contributed by atoms with Crippen molar-refractivity contribution in [2.24, 2.45) is 0 Å². The fourth-order valence-corrected chi connectivity index (χ4v) is 5.61. The first-order valence-corrected chi connectivity index (χ1v) is 12.4. The average Bonchev–Trinajstić information content (AvgIpc) is 3.14. The summed E-state index contributed by atoms with van der Waals surface area (Å²) in [6, 6.07) is 0.0398. The summed E-state index contributed by atoms with van der Waals surface area (Å²) in [6.45, 7) is 1.62. The topological polar surface area (TPSA) is 110 Å². The second kappa shape index (κ2) is 9.03. The number of alkyl halides is 1. The van der Waals surface area contributed by atoms with Crippen LogP contribution in [0.3, 0.4) is 0 Å². The maximum Gasteiger partial charge on any atom is 0.274 e. The van der Waals surface area contributed by atoms with Crippen LogP contribution in [0.2, 0.25) is 0 Å². The number of benzene rings is 1. The molecule has 9 nitrogen and oxygen atoms in total. The number of halogens is 4. The molecule has 2 N–H and O–H groups in total. The smallest absolute Gasteiger partial charge is 0.274 e. The summed E-state index contributed by atoms with van der Waals surface area (Å²) in [5.74, 6) is -7.22. The van der Waals surface area contributed by atoms with Gasteiger partial charge in [-0.25, -0.2) is 13.2 Å². The van der Waals surface area contributed by atoms with Crippen LogP contribution >= 0.6 is 22.6 Å². The van der Waals surface area contributed by atoms with E-state index in [9.17, 15) is 32.7 Å². The molecule has 13 heteroatoms. The van der Waals surface area contributed by atoms with Crippen LogP contribution in [0.5, 0.6) is 5.75 Å². The van der Waals surface area contributed by atoms with Crippen molar-refractivity contribution >= 4 is 34.4 Å². The molecule has 4 heterocycles. The third-order valence-electron chi connectivity index (χ3n) is 6.89. The molecule has 3 aliphatic heterocycles. The number of hydrogen-bond donors (Lipinski definition) is 2. The number of fused-ring (bicyclic) bond motifs is 5. The lowest BCUT2D eigenvalue weighted by Gasteiger charge is -2.42. The summed E-state index contributed by atoms with van der Waals surface area (Å²) in [6.07, 6.45) is 2.11. The Morgan fingerprint density at radius 2 is 1.97 bits per heavy atom. The number of carbonyl (C=O) groups excluding carboxylic acids is 2. The van der Waals surface area contributed by atoms with E-state index in [2.05, 4.69) is 27.9 Å². The third kappa shape index (κ3) is 3.96. The molecule has 2 amide bonds. The third-order valence-corrected chi connectivity index (χ3v) is 7.51. The molecule has 2 fully saturated rings. The molecule has 1 spiro atoms. The highest BCUT2D eigenvalue weighted by atomic mass is 127. The fraction of sp³-hybridized carbons (Fsp3) is 0.435. The van der Waals surface area contributed by atoms with E-state index in [-0.39, 0.29) is 22.4 Å². The molecule has 0 radical (unpaired) electrons. The minimum Gasteiger partial charge on any atom is -0.503 e. The van der Waals surface area contributed by atoms with Crippen molar-refractivity contribution in [3.63, 3.8) is 0 Å². The summed E-state index contributed by atoms with van der Waals surface area (Å²) in [7, 11) is 0. The standard InChI is InChI=1S/C23H21F3IN3O6/c1-10-2-3-23(35-9-17(27)36-23)16-8-29(10)22(34)18-20(32)19(31)13(7-30(16)18)21(33)28-6-12-14(25)4-11(24)5-15(12)26/h4-5,7,10,16-17,32H,2-3,6,8-9H2,1H3,(H,28,33)/t10-,16+,17-,23+/m0/s1. The van der Waals surface area contributed by atoms with E-state index in [0.717, 1.165) is 6.20 Å². The number of amides is 2. The first-order valence-electron chi connectivity index (χ1n) is 11.2. The largest absolute Gasteiger partial charge is 0.503 e. The molecule has 0 aliphatic carbocycles. The molecule has 0 saturated carbocycles. The Morgan fingerprint density at radius 3 is 2.61 bits per heavy atom. The van der Waals surface area contributed by atoms with Gasteiger partial charge >= 0.3 is 0 Å². The molecule has 2 saturated heterocycles. The lowest BCUT2D eigenvalue weighted by atomic mass is 9.99. The van der Waals surface area contributed by atoms with Gasteiger partial charge in [0.2, 0.25) is 5.43 Å². The van der Waals surface area contributed by atoms with Crippen LogP contribution in [0, 0.1) is 17.5 Å². The predicted molar refractivity (Wildman–Crippen MR) is 126 cm³/mol. The maximum atomic E-state index is 14.0. The molecule has 4 atom stereocenters. The second-order valence-electron chi connectivity index (χ2n) is 9.02. The van der Waals surface area contributed by atoms with Gasteiger partial charge in [-0.15, -0.1) is 0 Å². The van der Waals surface area contributed by atoms with Crippen molar-refractivity contribution in [2.75, 3.05) is 13.2 Å². The van der Waals surface area contributed by atoms with Gasteiger partial charge in [0.1, 0.15) is 33.2 Å². The molecular weight excluding hydrogens is 598 g/mol. The van der Waals surface area contributed by atoms with Crippen LogP contribution in [-0.2, 0) is 16.0 Å². The minimum atomic E-state index is -1.21. The zero-order chi connectivity index (χ0) is 25.9. The van der Waals surface area contributed by atoms with E-state index in [4.69, 9.17) is 9.47 Å². The fourth-order valence-electron chi connectivity index (χ4n) is 5.00.